The number of aryl methyl sites for hydroxylation is 2. The van der Waals surface area contributed by atoms with Crippen molar-refractivity contribution in [3.8, 4) is 11.3 Å². The van der Waals surface area contributed by atoms with E-state index >= 15 is 0 Å². The monoisotopic (exact) mass is 421 g/mol. The molecule has 0 bridgehead atoms. The number of piperidine rings is 1. The van der Waals surface area contributed by atoms with Gasteiger partial charge in [-0.25, -0.2) is 9.50 Å². The van der Waals surface area contributed by atoms with Gasteiger partial charge in [-0.1, -0.05) is 13.8 Å². The number of nitrogens with one attached hydrogen (secondary N) is 1. The standard InChI is InChI=1S/C23H27N5OS/c1-13(2)18-19-15(4)21(16-5-7-27(12-29)8-6-16)30-23(19)26-20(18)17-9-14(3)22-24-11-25-28(22)10-17/h9-13,16,26H,5-8H2,1-4H3. The second-order valence-electron chi connectivity index (χ2n) is 8.72. The first-order valence-electron chi connectivity index (χ1n) is 10.6. The Morgan fingerprint density at radius 1 is 1.27 bits per heavy atom. The van der Waals surface area contributed by atoms with Gasteiger partial charge in [-0.2, -0.15) is 5.10 Å². The number of amides is 1. The van der Waals surface area contributed by atoms with Gasteiger partial charge in [-0.15, -0.1) is 11.3 Å². The molecule has 1 aliphatic rings. The van der Waals surface area contributed by atoms with E-state index in [0.717, 1.165) is 49.1 Å². The number of pyridine rings is 1. The third-order valence-electron chi connectivity index (χ3n) is 6.44. The van der Waals surface area contributed by atoms with Gasteiger partial charge in [0.25, 0.3) is 0 Å². The zero-order valence-electron chi connectivity index (χ0n) is 17.9. The fourth-order valence-electron chi connectivity index (χ4n) is 4.94. The first-order valence-corrected chi connectivity index (χ1v) is 11.4. The number of aromatic amines is 1. The van der Waals surface area contributed by atoms with Gasteiger partial charge in [-0.05, 0) is 61.3 Å². The topological polar surface area (TPSA) is 66.3 Å². The smallest absolute Gasteiger partial charge is 0.209 e. The van der Waals surface area contributed by atoms with Gasteiger partial charge in [0, 0.05) is 35.1 Å². The maximum absolute atomic E-state index is 11.1. The van der Waals surface area contributed by atoms with Crippen molar-refractivity contribution >= 4 is 33.6 Å². The molecule has 0 aliphatic carbocycles. The third-order valence-corrected chi connectivity index (χ3v) is 7.81. The molecule has 4 aromatic rings. The Kier molecular flexibility index (Phi) is 4.65. The zero-order chi connectivity index (χ0) is 21.0. The number of H-pyrrole nitrogens is 1. The van der Waals surface area contributed by atoms with Crippen LogP contribution >= 0.6 is 11.3 Å². The van der Waals surface area contributed by atoms with Crippen LogP contribution in [0.5, 0.6) is 0 Å². The Labute approximate surface area is 179 Å². The lowest BCUT2D eigenvalue weighted by molar-refractivity contribution is -0.119. The summed E-state index contributed by atoms with van der Waals surface area (Å²) in [5.74, 6) is 0.947. The first kappa shape index (κ1) is 19.3. The molecule has 0 saturated carbocycles. The Bertz CT molecular complexity index is 1240. The molecular weight excluding hydrogens is 394 g/mol. The zero-order valence-corrected chi connectivity index (χ0v) is 18.7. The Balaban J connectivity index is 1.62. The number of nitrogens with zero attached hydrogens (tertiary/aromatic N) is 4. The number of aromatic nitrogens is 4. The van der Waals surface area contributed by atoms with Crippen LogP contribution in [-0.4, -0.2) is 44.0 Å². The largest absolute Gasteiger partial charge is 0.346 e. The Morgan fingerprint density at radius 2 is 2.03 bits per heavy atom. The summed E-state index contributed by atoms with van der Waals surface area (Å²) >= 11 is 1.90. The summed E-state index contributed by atoms with van der Waals surface area (Å²) in [5.41, 5.74) is 7.16. The number of hydrogen-bond acceptors (Lipinski definition) is 4. The van der Waals surface area contributed by atoms with Gasteiger partial charge in [0.15, 0.2) is 5.65 Å². The highest BCUT2D eigenvalue weighted by Crippen LogP contribution is 2.45. The SMILES string of the molecule is Cc1c(C2CCN(C=O)CC2)sc2[nH]c(-c3cc(C)c4ncnn4c3)c(C(C)C)c12. The Morgan fingerprint density at radius 3 is 2.73 bits per heavy atom. The summed E-state index contributed by atoms with van der Waals surface area (Å²) in [4.78, 5) is 23.8. The second-order valence-corrected chi connectivity index (χ2v) is 9.77. The van der Waals surface area contributed by atoms with E-state index in [4.69, 9.17) is 0 Å². The van der Waals surface area contributed by atoms with Gasteiger partial charge in [0.2, 0.25) is 6.41 Å². The van der Waals surface area contributed by atoms with Crippen molar-refractivity contribution in [3.05, 3.63) is 40.2 Å². The number of carbonyl (C=O) groups excluding carboxylic acids is 1. The molecule has 0 unspecified atom stereocenters. The summed E-state index contributed by atoms with van der Waals surface area (Å²) < 4.78 is 1.86. The van der Waals surface area contributed by atoms with Gasteiger partial charge in [0.05, 0.1) is 5.69 Å². The molecule has 5 rings (SSSR count). The van der Waals surface area contributed by atoms with Crippen LogP contribution in [0, 0.1) is 13.8 Å². The van der Waals surface area contributed by atoms with Crippen LogP contribution < -0.4 is 0 Å². The number of likely N-dealkylation sites (tertiary alicyclic amines) is 1. The predicted octanol–water partition coefficient (Wildman–Crippen LogP) is 5.02. The molecule has 1 aliphatic heterocycles. The molecule has 1 saturated heterocycles. The maximum atomic E-state index is 11.1. The van der Waals surface area contributed by atoms with E-state index in [9.17, 15) is 4.79 Å². The molecule has 0 radical (unpaired) electrons. The fraction of sp³-hybridized carbons (Fsp3) is 0.435. The molecule has 6 nitrogen and oxygen atoms in total. The van der Waals surface area contributed by atoms with E-state index in [2.05, 4.69) is 55.0 Å². The summed E-state index contributed by atoms with van der Waals surface area (Å²) in [5, 5.41) is 5.74. The van der Waals surface area contributed by atoms with E-state index in [0.29, 0.717) is 11.8 Å². The highest BCUT2D eigenvalue weighted by atomic mass is 32.1. The van der Waals surface area contributed by atoms with Crippen LogP contribution in [0.1, 0.15) is 60.1 Å². The molecule has 1 fully saturated rings. The highest BCUT2D eigenvalue weighted by molar-refractivity contribution is 7.19. The van der Waals surface area contributed by atoms with Crippen molar-refractivity contribution in [2.75, 3.05) is 13.1 Å². The number of hydrogen-bond donors (Lipinski definition) is 1. The molecule has 0 aromatic carbocycles. The van der Waals surface area contributed by atoms with Crippen molar-refractivity contribution in [2.24, 2.45) is 0 Å². The van der Waals surface area contributed by atoms with E-state index in [-0.39, 0.29) is 0 Å². The number of rotatable bonds is 4. The molecule has 0 atom stereocenters. The summed E-state index contributed by atoms with van der Waals surface area (Å²) in [6.07, 6.45) is 6.76. The second kappa shape index (κ2) is 7.23. The van der Waals surface area contributed by atoms with Crippen LogP contribution in [0.3, 0.4) is 0 Å². The minimum Gasteiger partial charge on any atom is -0.346 e. The van der Waals surface area contributed by atoms with Crippen LogP contribution in [0.4, 0.5) is 0 Å². The van der Waals surface area contributed by atoms with Crippen molar-refractivity contribution in [1.29, 1.82) is 0 Å². The summed E-state index contributed by atoms with van der Waals surface area (Å²) in [7, 11) is 0. The number of thiophene rings is 1. The van der Waals surface area contributed by atoms with E-state index in [1.54, 1.807) is 6.33 Å². The molecule has 0 spiro atoms. The van der Waals surface area contributed by atoms with E-state index < -0.39 is 0 Å². The van der Waals surface area contributed by atoms with Crippen LogP contribution in [0.2, 0.25) is 0 Å². The predicted molar refractivity (Wildman–Crippen MR) is 121 cm³/mol. The van der Waals surface area contributed by atoms with Gasteiger partial charge >= 0.3 is 0 Å². The van der Waals surface area contributed by atoms with Gasteiger partial charge in [0.1, 0.15) is 11.2 Å². The molecule has 30 heavy (non-hydrogen) atoms. The molecule has 4 aromatic heterocycles. The number of carbonyl (C=O) groups is 1. The number of fused-ring (bicyclic) bond motifs is 2. The van der Waals surface area contributed by atoms with Crippen molar-refractivity contribution in [2.45, 2.75) is 52.4 Å². The quantitative estimate of drug-likeness (QED) is 0.471. The summed E-state index contributed by atoms with van der Waals surface area (Å²) in [6, 6.07) is 2.21. The average molecular weight is 422 g/mol. The first-order chi connectivity index (χ1) is 14.5. The molecule has 1 N–H and O–H groups in total. The molecule has 7 heteroatoms. The third kappa shape index (κ3) is 2.95. The van der Waals surface area contributed by atoms with E-state index in [1.165, 1.54) is 31.9 Å². The van der Waals surface area contributed by atoms with Gasteiger partial charge < -0.3 is 9.88 Å². The lowest BCUT2D eigenvalue weighted by Crippen LogP contribution is -2.31. The lowest BCUT2D eigenvalue weighted by Gasteiger charge is -2.29. The molecule has 5 heterocycles. The highest BCUT2D eigenvalue weighted by Gasteiger charge is 2.27. The fourth-order valence-corrected chi connectivity index (χ4v) is 6.34. The Hall–Kier alpha value is -2.67. The minimum atomic E-state index is 0.401. The van der Waals surface area contributed by atoms with E-state index in [1.807, 2.05) is 20.8 Å². The van der Waals surface area contributed by atoms with Crippen LogP contribution in [0.25, 0.3) is 27.1 Å². The van der Waals surface area contributed by atoms with Crippen molar-refractivity contribution < 1.29 is 4.79 Å². The molecule has 156 valence electrons. The maximum Gasteiger partial charge on any atom is 0.209 e. The minimum absolute atomic E-state index is 0.401. The van der Waals surface area contributed by atoms with Crippen molar-refractivity contribution in [1.82, 2.24) is 24.5 Å². The summed E-state index contributed by atoms with van der Waals surface area (Å²) in [6.45, 7) is 10.6. The average Bonchev–Trinajstić information content (AvgIpc) is 3.43. The normalized spacial score (nSPS) is 15.7. The lowest BCUT2D eigenvalue weighted by atomic mass is 9.90. The van der Waals surface area contributed by atoms with Crippen molar-refractivity contribution in [3.63, 3.8) is 0 Å². The van der Waals surface area contributed by atoms with Gasteiger partial charge in [-0.3, -0.25) is 4.79 Å². The van der Waals surface area contributed by atoms with Crippen LogP contribution in [0.15, 0.2) is 18.6 Å². The molecular formula is C23H27N5OS. The molecule has 1 amide bonds. The van der Waals surface area contributed by atoms with Crippen LogP contribution in [-0.2, 0) is 4.79 Å².